The molecule has 2 unspecified atom stereocenters. The molecule has 0 amide bonds. The van der Waals surface area contributed by atoms with Crippen LogP contribution in [-0.2, 0) is 47.5 Å². The quantitative estimate of drug-likeness (QED) is 0.0629. The van der Waals surface area contributed by atoms with Crippen LogP contribution in [0.2, 0.25) is 0 Å². The van der Waals surface area contributed by atoms with Crippen molar-refractivity contribution in [2.24, 2.45) is 56.7 Å². The first-order valence-corrected chi connectivity index (χ1v) is 27.7. The topological polar surface area (TPSA) is 371 Å². The van der Waals surface area contributed by atoms with E-state index in [1.807, 2.05) is 6.92 Å². The van der Waals surface area contributed by atoms with E-state index < -0.39 is 165 Å². The van der Waals surface area contributed by atoms with Crippen LogP contribution in [0.15, 0.2) is 12.2 Å². The summed E-state index contributed by atoms with van der Waals surface area (Å²) in [6, 6.07) is 0. The van der Waals surface area contributed by atoms with Gasteiger partial charge in [0, 0.05) is 0 Å². The molecule has 23 heteroatoms. The van der Waals surface area contributed by atoms with Crippen molar-refractivity contribution in [1.82, 2.24) is 0 Å². The first kappa shape index (κ1) is 59.5. The zero-order chi connectivity index (χ0) is 56.4. The van der Waals surface area contributed by atoms with Gasteiger partial charge in [-0.2, -0.15) is 0 Å². The maximum absolute atomic E-state index is 15.1. The maximum Gasteiger partial charge on any atom is 0.335 e. The minimum absolute atomic E-state index is 0.0254. The molecular formula is C54H86O23. The van der Waals surface area contributed by atoms with Crippen molar-refractivity contribution in [3.8, 4) is 0 Å². The van der Waals surface area contributed by atoms with Crippen LogP contribution in [0.3, 0.4) is 0 Å². The number of ether oxygens (including phenoxy) is 8. The molecule has 4 aliphatic heterocycles. The molecule has 13 N–H and O–H groups in total. The number of aliphatic carboxylic acids is 1. The van der Waals surface area contributed by atoms with Gasteiger partial charge >= 0.3 is 11.9 Å². The molecule has 9 fully saturated rings. The number of carbonyl (C=O) groups excluding carboxylic acids is 1. The van der Waals surface area contributed by atoms with Gasteiger partial charge in [0.05, 0.1) is 30.8 Å². The van der Waals surface area contributed by atoms with Crippen LogP contribution in [0.4, 0.5) is 0 Å². The van der Waals surface area contributed by atoms with Gasteiger partial charge in [-0.15, -0.1) is 0 Å². The normalized spacial score (nSPS) is 54.5. The van der Waals surface area contributed by atoms with Crippen molar-refractivity contribution in [2.75, 3.05) is 13.2 Å². The SMILES string of the molecule is C=C(C)[C@@H]1CC[C@]2(C(=O)O[C@@H]3O[C@H](CO[C@@H]4O[C@H](CO)[C@@H](O[C@@H]5O[C@@H](C)[C@H](O)[C@H](O)[C@H]5O)[C@H](O)[C@H]4O)[C@@H](O)[C@H](O)[C@H]3O)CC[C@]3(C)C(CC[C@@H]4[C@@]5(C)CC[C@H](O[C@@H]6O[C@H](C(=O)O)[C@@H](O)[C@H](O)[C@H]6O)C(C)(C)C5CC[C@]43C)[C@H]12. The number of aliphatic hydroxyl groups excluding tert-OH is 12. The number of aliphatic hydroxyl groups is 12. The zero-order valence-corrected chi connectivity index (χ0v) is 45.1. The Hall–Kier alpha value is -2.08. The Balaban J connectivity index is 0.880. The molecule has 0 aromatic heterocycles. The van der Waals surface area contributed by atoms with E-state index in [4.69, 9.17) is 37.9 Å². The Labute approximate surface area is 448 Å². The lowest BCUT2D eigenvalue weighted by atomic mass is 9.32. The summed E-state index contributed by atoms with van der Waals surface area (Å²) in [5.41, 5.74) is -1.10. The van der Waals surface area contributed by atoms with E-state index in [-0.39, 0.29) is 45.8 Å². The number of carbonyl (C=O) groups is 2. The molecule has 0 radical (unpaired) electrons. The Morgan fingerprint density at radius 1 is 0.584 bits per heavy atom. The first-order valence-electron chi connectivity index (χ1n) is 27.7. The van der Waals surface area contributed by atoms with Crippen molar-refractivity contribution in [1.29, 1.82) is 0 Å². The van der Waals surface area contributed by atoms with Crippen LogP contribution in [0, 0.1) is 56.7 Å². The standard InChI is InChI=1S/C54H86O23/c1-21(2)23-11-16-54(49(69)77-47-39(64)34(59)32(57)26(73-47)20-70-45-41(66)37(62)42(25(19-55)72-45)75-46-38(63)33(58)31(56)22(3)71-46)18-17-52(7)24(30(23)54)9-10-28-51(6)14-13-29(50(4,5)27(51)12-15-53(28,52)8)74-48-40(65)35(60)36(61)43(76-48)44(67)68/h22-43,45-48,55-66H,1,9-20H2,2-8H3,(H,67,68)/t22-,23-,24?,25+,26+,27?,28+,29-,30-,31-,32+,33-,34-,35-,36-,37+,38+,39+,40+,41+,42+,43-,45+,46-,47-,48+,51-,52+,53+,54-/m0/s1. The summed E-state index contributed by atoms with van der Waals surface area (Å²) in [5, 5.41) is 138. The van der Waals surface area contributed by atoms with Crippen molar-refractivity contribution in [3.05, 3.63) is 12.2 Å². The lowest BCUT2D eigenvalue weighted by Crippen LogP contribution is -2.68. The zero-order valence-electron chi connectivity index (χ0n) is 45.1. The van der Waals surface area contributed by atoms with E-state index in [0.717, 1.165) is 37.7 Å². The predicted molar refractivity (Wildman–Crippen MR) is 262 cm³/mol. The monoisotopic (exact) mass is 1100 g/mol. The number of carboxylic acid groups (broad SMARTS) is 1. The third kappa shape index (κ3) is 9.57. The second-order valence-electron chi connectivity index (χ2n) is 25.8. The highest BCUT2D eigenvalue weighted by atomic mass is 16.8. The summed E-state index contributed by atoms with van der Waals surface area (Å²) >= 11 is 0. The highest BCUT2D eigenvalue weighted by molar-refractivity contribution is 5.78. The fourth-order valence-electron chi connectivity index (χ4n) is 17.2. The molecule has 9 rings (SSSR count). The van der Waals surface area contributed by atoms with Gasteiger partial charge in [0.1, 0.15) is 85.5 Å². The number of esters is 1. The summed E-state index contributed by atoms with van der Waals surface area (Å²) in [4.78, 5) is 27.0. The predicted octanol–water partition coefficient (Wildman–Crippen LogP) is -1.06. The molecule has 4 saturated heterocycles. The molecule has 0 bridgehead atoms. The average molecular weight is 1100 g/mol. The summed E-state index contributed by atoms with van der Waals surface area (Å²) < 4.78 is 46.8. The van der Waals surface area contributed by atoms with Gasteiger partial charge < -0.3 is 104 Å². The van der Waals surface area contributed by atoms with E-state index in [0.29, 0.717) is 32.1 Å². The Morgan fingerprint density at radius 2 is 1.19 bits per heavy atom. The Bertz CT molecular complexity index is 2150. The maximum atomic E-state index is 15.1. The molecule has 5 saturated carbocycles. The first-order chi connectivity index (χ1) is 36.0. The molecule has 9 aliphatic rings. The molecule has 440 valence electrons. The number of fused-ring (bicyclic) bond motifs is 7. The van der Waals surface area contributed by atoms with Crippen LogP contribution in [-0.4, -0.2) is 220 Å². The third-order valence-corrected chi connectivity index (χ3v) is 21.8. The van der Waals surface area contributed by atoms with E-state index in [1.165, 1.54) is 6.92 Å². The summed E-state index contributed by atoms with van der Waals surface area (Å²) in [6.45, 7) is 17.9. The number of hydrogen-bond acceptors (Lipinski definition) is 22. The summed E-state index contributed by atoms with van der Waals surface area (Å²) in [6.07, 6.45) is -26.4. The van der Waals surface area contributed by atoms with Gasteiger partial charge in [-0.1, -0.05) is 46.8 Å². The van der Waals surface area contributed by atoms with Crippen LogP contribution >= 0.6 is 0 Å². The van der Waals surface area contributed by atoms with Crippen molar-refractivity contribution < 1.29 is 114 Å². The van der Waals surface area contributed by atoms with Crippen molar-refractivity contribution in [3.63, 3.8) is 0 Å². The third-order valence-electron chi connectivity index (χ3n) is 21.8. The van der Waals surface area contributed by atoms with Gasteiger partial charge in [-0.05, 0) is 129 Å². The van der Waals surface area contributed by atoms with Gasteiger partial charge in [-0.3, -0.25) is 4.79 Å². The highest BCUT2D eigenvalue weighted by Crippen LogP contribution is 2.78. The minimum atomic E-state index is -1.88. The molecule has 0 aromatic rings. The largest absolute Gasteiger partial charge is 0.479 e. The lowest BCUT2D eigenvalue weighted by Gasteiger charge is -2.73. The Kier molecular flexibility index (Phi) is 16.7. The molecule has 4 heterocycles. The van der Waals surface area contributed by atoms with Gasteiger partial charge in [0.2, 0.25) is 6.29 Å². The smallest absolute Gasteiger partial charge is 0.335 e. The lowest BCUT2D eigenvalue weighted by molar-refractivity contribution is -0.361. The second-order valence-corrected chi connectivity index (χ2v) is 25.8. The van der Waals surface area contributed by atoms with Gasteiger partial charge in [-0.25, -0.2) is 4.79 Å². The van der Waals surface area contributed by atoms with Crippen LogP contribution in [0.25, 0.3) is 0 Å². The molecule has 77 heavy (non-hydrogen) atoms. The highest BCUT2D eigenvalue weighted by Gasteiger charge is 2.73. The number of carboxylic acids is 1. The number of rotatable bonds is 12. The molecule has 23 nitrogen and oxygen atoms in total. The number of allylic oxidation sites excluding steroid dienone is 1. The summed E-state index contributed by atoms with van der Waals surface area (Å²) in [7, 11) is 0. The van der Waals surface area contributed by atoms with E-state index in [9.17, 15) is 71.2 Å². The van der Waals surface area contributed by atoms with E-state index in [2.05, 4.69) is 41.2 Å². The van der Waals surface area contributed by atoms with Crippen molar-refractivity contribution >= 4 is 11.9 Å². The fraction of sp³-hybridized carbons (Fsp3) is 0.926. The van der Waals surface area contributed by atoms with E-state index in [1.54, 1.807) is 0 Å². The molecule has 0 aromatic carbocycles. The minimum Gasteiger partial charge on any atom is -0.479 e. The molecule has 30 atom stereocenters. The molecule has 5 aliphatic carbocycles. The van der Waals surface area contributed by atoms with E-state index >= 15 is 4.79 Å². The Morgan fingerprint density at radius 3 is 1.84 bits per heavy atom. The molecule has 0 spiro atoms. The van der Waals surface area contributed by atoms with Crippen LogP contribution in [0.1, 0.15) is 113 Å². The van der Waals surface area contributed by atoms with Gasteiger partial charge in [0.15, 0.2) is 25.0 Å². The fourth-order valence-corrected chi connectivity index (χ4v) is 17.2. The van der Waals surface area contributed by atoms with Crippen LogP contribution < -0.4 is 0 Å². The summed E-state index contributed by atoms with van der Waals surface area (Å²) in [5.74, 6) is -1.79. The van der Waals surface area contributed by atoms with Crippen molar-refractivity contribution in [2.45, 2.75) is 242 Å². The van der Waals surface area contributed by atoms with Crippen LogP contribution in [0.5, 0.6) is 0 Å². The molecular weight excluding hydrogens is 1020 g/mol. The average Bonchev–Trinajstić information content (AvgIpc) is 3.79. The number of hydrogen-bond donors (Lipinski definition) is 13. The van der Waals surface area contributed by atoms with Gasteiger partial charge in [0.25, 0.3) is 0 Å². The second kappa shape index (κ2) is 21.6.